The summed E-state index contributed by atoms with van der Waals surface area (Å²) in [5.74, 6) is 0.744. The Hall–Kier alpha value is -2.66. The van der Waals surface area contributed by atoms with Gasteiger partial charge in [-0.2, -0.15) is 5.10 Å². The topological polar surface area (TPSA) is 59.6 Å². The van der Waals surface area contributed by atoms with E-state index in [0.29, 0.717) is 6.61 Å². The van der Waals surface area contributed by atoms with Gasteiger partial charge in [-0.05, 0) is 36.0 Å². The molecule has 0 atom stereocenters. The molecule has 112 valence electrons. The first-order valence-corrected chi connectivity index (χ1v) is 7.18. The van der Waals surface area contributed by atoms with Gasteiger partial charge in [0.25, 0.3) is 0 Å². The molecular weight excluding hydrogens is 294 g/mol. The van der Waals surface area contributed by atoms with Crippen LogP contribution < -0.4 is 15.9 Å². The number of nitrogens with one attached hydrogen (secondary N) is 1. The number of benzene rings is 2. The highest BCUT2D eigenvalue weighted by Gasteiger charge is 1.99. The van der Waals surface area contributed by atoms with Crippen molar-refractivity contribution in [3.63, 3.8) is 0 Å². The maximum atomic E-state index is 5.75. The van der Waals surface area contributed by atoms with E-state index in [9.17, 15) is 0 Å². The molecule has 0 aliphatic heterocycles. The molecule has 0 aliphatic carbocycles. The van der Waals surface area contributed by atoms with Crippen LogP contribution in [-0.2, 0) is 0 Å². The van der Waals surface area contributed by atoms with Crippen molar-refractivity contribution in [1.29, 1.82) is 0 Å². The van der Waals surface area contributed by atoms with E-state index in [4.69, 9.17) is 10.5 Å². The first-order valence-electron chi connectivity index (χ1n) is 6.77. The number of thiocarbonyl (C=S) groups is 1. The van der Waals surface area contributed by atoms with Crippen LogP contribution in [0.5, 0.6) is 5.75 Å². The predicted molar refractivity (Wildman–Crippen MR) is 94.9 cm³/mol. The van der Waals surface area contributed by atoms with Crippen molar-refractivity contribution in [2.75, 3.05) is 6.61 Å². The minimum absolute atomic E-state index is 0.125. The zero-order chi connectivity index (χ0) is 15.6. The highest BCUT2D eigenvalue weighted by Crippen LogP contribution is 2.15. The number of para-hydroxylation sites is 1. The van der Waals surface area contributed by atoms with E-state index in [2.05, 4.69) is 22.7 Å². The number of hydrogen-bond donors (Lipinski definition) is 2. The van der Waals surface area contributed by atoms with Crippen molar-refractivity contribution in [1.82, 2.24) is 5.43 Å². The van der Waals surface area contributed by atoms with Crippen molar-refractivity contribution in [2.45, 2.75) is 0 Å². The number of rotatable bonds is 6. The van der Waals surface area contributed by atoms with Crippen molar-refractivity contribution >= 4 is 29.6 Å². The van der Waals surface area contributed by atoms with E-state index in [-0.39, 0.29) is 5.11 Å². The van der Waals surface area contributed by atoms with Gasteiger partial charge < -0.3 is 10.5 Å². The second-order valence-electron chi connectivity index (χ2n) is 4.40. The normalized spacial score (nSPS) is 10.9. The largest absolute Gasteiger partial charge is 0.489 e. The van der Waals surface area contributed by atoms with Crippen molar-refractivity contribution < 1.29 is 4.74 Å². The fourth-order valence-electron chi connectivity index (χ4n) is 1.77. The second kappa shape index (κ2) is 8.59. The highest BCUT2D eigenvalue weighted by atomic mass is 32.1. The van der Waals surface area contributed by atoms with Gasteiger partial charge in [0.1, 0.15) is 12.4 Å². The molecule has 0 amide bonds. The van der Waals surface area contributed by atoms with Crippen LogP contribution in [0.2, 0.25) is 0 Å². The van der Waals surface area contributed by atoms with Crippen molar-refractivity contribution in [3.8, 4) is 5.75 Å². The molecule has 0 bridgehead atoms. The average Bonchev–Trinajstić information content (AvgIpc) is 2.53. The second-order valence-corrected chi connectivity index (χ2v) is 4.84. The molecule has 0 heterocycles. The Kier molecular flexibility index (Phi) is 6.14. The summed E-state index contributed by atoms with van der Waals surface area (Å²) in [7, 11) is 0. The van der Waals surface area contributed by atoms with E-state index in [1.807, 2.05) is 66.7 Å². The van der Waals surface area contributed by atoms with Gasteiger partial charge >= 0.3 is 0 Å². The van der Waals surface area contributed by atoms with Gasteiger partial charge in [0, 0.05) is 5.56 Å². The molecule has 4 nitrogen and oxygen atoms in total. The van der Waals surface area contributed by atoms with E-state index >= 15 is 0 Å². The predicted octanol–water partition coefficient (Wildman–Crippen LogP) is 2.95. The number of nitrogens with two attached hydrogens (primary N) is 1. The van der Waals surface area contributed by atoms with Gasteiger partial charge in [0.2, 0.25) is 0 Å². The van der Waals surface area contributed by atoms with Crippen LogP contribution in [0.15, 0.2) is 65.8 Å². The standard InChI is InChI=1S/C17H17N3OS/c18-17(22)20-19-13-15-10-4-5-11-16(15)21-12-6-9-14-7-2-1-3-8-14/h1-11,13H,12H2,(H3,18,20,22). The molecule has 2 rings (SSSR count). The Morgan fingerprint density at radius 2 is 1.86 bits per heavy atom. The minimum Gasteiger partial charge on any atom is -0.489 e. The summed E-state index contributed by atoms with van der Waals surface area (Å²) < 4.78 is 5.75. The number of hydrogen-bond acceptors (Lipinski definition) is 3. The van der Waals surface area contributed by atoms with Gasteiger partial charge in [-0.15, -0.1) is 0 Å². The minimum atomic E-state index is 0.125. The molecule has 0 unspecified atom stereocenters. The van der Waals surface area contributed by atoms with Crippen LogP contribution in [0.4, 0.5) is 0 Å². The molecule has 0 aromatic heterocycles. The van der Waals surface area contributed by atoms with Crippen LogP contribution in [0, 0.1) is 0 Å². The van der Waals surface area contributed by atoms with E-state index in [1.165, 1.54) is 0 Å². The maximum absolute atomic E-state index is 5.75. The molecular formula is C17H17N3OS. The van der Waals surface area contributed by atoms with Crippen LogP contribution in [0.25, 0.3) is 6.08 Å². The quantitative estimate of drug-likeness (QED) is 0.489. The monoisotopic (exact) mass is 311 g/mol. The lowest BCUT2D eigenvalue weighted by molar-refractivity contribution is 0.363. The number of nitrogens with zero attached hydrogens (tertiary/aromatic N) is 1. The summed E-state index contributed by atoms with van der Waals surface area (Å²) in [6.45, 7) is 0.475. The first-order chi connectivity index (χ1) is 10.8. The van der Waals surface area contributed by atoms with Crippen LogP contribution in [0.3, 0.4) is 0 Å². The van der Waals surface area contributed by atoms with Gasteiger partial charge in [0.15, 0.2) is 5.11 Å². The fraction of sp³-hybridized carbons (Fsp3) is 0.0588. The third-order valence-corrected chi connectivity index (χ3v) is 2.83. The molecule has 0 spiro atoms. The third-order valence-electron chi connectivity index (χ3n) is 2.74. The molecule has 0 radical (unpaired) electrons. The average molecular weight is 311 g/mol. The molecule has 0 saturated carbocycles. The molecule has 2 aromatic carbocycles. The van der Waals surface area contributed by atoms with Crippen LogP contribution >= 0.6 is 12.2 Å². The van der Waals surface area contributed by atoms with E-state index in [1.54, 1.807) is 6.21 Å². The smallest absolute Gasteiger partial charge is 0.184 e. The summed E-state index contributed by atoms with van der Waals surface area (Å²) in [5.41, 5.74) is 9.82. The molecule has 3 N–H and O–H groups in total. The lowest BCUT2D eigenvalue weighted by atomic mass is 10.2. The Bertz CT molecular complexity index is 669. The Balaban J connectivity index is 1.94. The summed E-state index contributed by atoms with van der Waals surface area (Å²) >= 11 is 4.69. The van der Waals surface area contributed by atoms with Gasteiger partial charge in [-0.25, -0.2) is 0 Å². The number of ether oxygens (including phenoxy) is 1. The lowest BCUT2D eigenvalue weighted by Crippen LogP contribution is -2.24. The molecule has 5 heteroatoms. The Labute approximate surface area is 135 Å². The molecule has 0 aliphatic rings. The Morgan fingerprint density at radius 1 is 1.14 bits per heavy atom. The summed E-state index contributed by atoms with van der Waals surface area (Å²) in [4.78, 5) is 0. The fourth-order valence-corrected chi connectivity index (χ4v) is 1.82. The number of hydrazone groups is 1. The van der Waals surface area contributed by atoms with Crippen LogP contribution in [-0.4, -0.2) is 17.9 Å². The molecule has 2 aromatic rings. The Morgan fingerprint density at radius 3 is 2.64 bits per heavy atom. The summed E-state index contributed by atoms with van der Waals surface area (Å²) in [6.07, 6.45) is 5.61. The molecule has 22 heavy (non-hydrogen) atoms. The lowest BCUT2D eigenvalue weighted by Gasteiger charge is -2.06. The molecule has 0 fully saturated rings. The molecule has 0 saturated heterocycles. The van der Waals surface area contributed by atoms with Crippen LogP contribution in [0.1, 0.15) is 11.1 Å². The SMILES string of the molecule is NC(=S)NN=Cc1ccccc1OCC=Cc1ccccc1. The zero-order valence-corrected chi connectivity index (χ0v) is 12.8. The summed E-state index contributed by atoms with van der Waals surface area (Å²) in [5, 5.41) is 4.06. The van der Waals surface area contributed by atoms with Crippen molar-refractivity contribution in [3.05, 3.63) is 71.8 Å². The highest BCUT2D eigenvalue weighted by molar-refractivity contribution is 7.80. The van der Waals surface area contributed by atoms with Gasteiger partial charge in [0.05, 0.1) is 6.21 Å². The third kappa shape index (κ3) is 5.38. The summed E-state index contributed by atoms with van der Waals surface area (Å²) in [6, 6.07) is 17.7. The van der Waals surface area contributed by atoms with Gasteiger partial charge in [-0.3, -0.25) is 5.43 Å². The van der Waals surface area contributed by atoms with E-state index < -0.39 is 0 Å². The first kappa shape index (κ1) is 15.7. The van der Waals surface area contributed by atoms with Crippen molar-refractivity contribution in [2.24, 2.45) is 10.8 Å². The van der Waals surface area contributed by atoms with E-state index in [0.717, 1.165) is 16.9 Å². The van der Waals surface area contributed by atoms with Gasteiger partial charge in [-0.1, -0.05) is 48.5 Å². The maximum Gasteiger partial charge on any atom is 0.184 e. The zero-order valence-electron chi connectivity index (χ0n) is 12.0.